The molecule has 0 aromatic rings. The first-order valence-electron chi connectivity index (χ1n) is 5.66. The molecule has 0 unspecified atom stereocenters. The number of unbranched alkanes of at least 4 members (excludes halogenated alkanes) is 2. The van der Waals surface area contributed by atoms with Crippen molar-refractivity contribution in [2.24, 2.45) is 0 Å². The van der Waals surface area contributed by atoms with Crippen molar-refractivity contribution < 1.29 is 39.2 Å². The highest BCUT2D eigenvalue weighted by molar-refractivity contribution is 6.06. The van der Waals surface area contributed by atoms with Crippen LogP contribution in [0.3, 0.4) is 0 Å². The van der Waals surface area contributed by atoms with Crippen LogP contribution in [0, 0.1) is 0 Å². The Morgan fingerprint density at radius 2 is 1.53 bits per heavy atom. The Morgan fingerprint density at radius 3 is 1.89 bits per heavy atom. The summed E-state index contributed by atoms with van der Waals surface area (Å²) >= 11 is 0. The minimum absolute atomic E-state index is 0.157. The van der Waals surface area contributed by atoms with E-state index in [1.54, 1.807) is 0 Å². The Labute approximate surface area is 109 Å². The standard InChI is InChI=1S/C11H16O8/c1-2-3-4-5-8(14)19-11(9(15)16,10(17)18)6-7(12)13/h2-6H2,1H3,(H,12,13)(H,15,16)(H,17,18). The maximum atomic E-state index is 11.4. The van der Waals surface area contributed by atoms with Gasteiger partial charge in [0.15, 0.2) is 0 Å². The highest BCUT2D eigenvalue weighted by Crippen LogP contribution is 2.19. The van der Waals surface area contributed by atoms with Gasteiger partial charge < -0.3 is 20.1 Å². The molecule has 0 aromatic carbocycles. The van der Waals surface area contributed by atoms with Crippen molar-refractivity contribution in [3.63, 3.8) is 0 Å². The van der Waals surface area contributed by atoms with Crippen LogP contribution >= 0.6 is 0 Å². The zero-order valence-electron chi connectivity index (χ0n) is 10.4. The van der Waals surface area contributed by atoms with Gasteiger partial charge in [-0.2, -0.15) is 0 Å². The molecule has 8 nitrogen and oxygen atoms in total. The SMILES string of the molecule is CCCCCC(=O)OC(CC(=O)O)(C(=O)O)C(=O)O. The minimum Gasteiger partial charge on any atom is -0.481 e. The summed E-state index contributed by atoms with van der Waals surface area (Å²) in [6.07, 6.45) is 0.428. The lowest BCUT2D eigenvalue weighted by molar-refractivity contribution is -0.194. The van der Waals surface area contributed by atoms with Crippen LogP contribution in [0.4, 0.5) is 0 Å². The zero-order valence-corrected chi connectivity index (χ0v) is 10.4. The molecular formula is C11H16O8. The third kappa shape index (κ3) is 4.94. The third-order valence-electron chi connectivity index (χ3n) is 2.36. The number of rotatable bonds is 9. The Balaban J connectivity index is 4.94. The van der Waals surface area contributed by atoms with Crippen LogP contribution in [0.5, 0.6) is 0 Å². The number of aliphatic carboxylic acids is 3. The Morgan fingerprint density at radius 1 is 1.00 bits per heavy atom. The maximum absolute atomic E-state index is 11.4. The first-order valence-corrected chi connectivity index (χ1v) is 5.66. The van der Waals surface area contributed by atoms with Crippen molar-refractivity contribution in [1.82, 2.24) is 0 Å². The van der Waals surface area contributed by atoms with Crippen molar-refractivity contribution in [3.05, 3.63) is 0 Å². The minimum atomic E-state index is -3.07. The van der Waals surface area contributed by atoms with Crippen LogP contribution in [0.25, 0.3) is 0 Å². The van der Waals surface area contributed by atoms with Crippen molar-refractivity contribution in [2.45, 2.75) is 44.6 Å². The van der Waals surface area contributed by atoms with Gasteiger partial charge in [0, 0.05) is 6.42 Å². The molecule has 0 amide bonds. The molecule has 0 aliphatic carbocycles. The molecule has 8 heteroatoms. The normalized spacial score (nSPS) is 10.8. The first kappa shape index (κ1) is 16.9. The molecule has 0 aromatic heterocycles. The third-order valence-corrected chi connectivity index (χ3v) is 2.36. The van der Waals surface area contributed by atoms with Crippen LogP contribution in [-0.2, 0) is 23.9 Å². The summed E-state index contributed by atoms with van der Waals surface area (Å²) in [6.45, 7) is 1.88. The fourth-order valence-electron chi connectivity index (χ4n) is 1.34. The van der Waals surface area contributed by atoms with Crippen molar-refractivity contribution in [1.29, 1.82) is 0 Å². The number of carboxylic acids is 3. The highest BCUT2D eigenvalue weighted by Gasteiger charge is 2.52. The molecule has 0 bridgehead atoms. The van der Waals surface area contributed by atoms with Crippen LogP contribution in [-0.4, -0.2) is 44.8 Å². The van der Waals surface area contributed by atoms with Crippen LogP contribution in [0.1, 0.15) is 39.0 Å². The molecule has 0 fully saturated rings. The van der Waals surface area contributed by atoms with E-state index >= 15 is 0 Å². The van der Waals surface area contributed by atoms with Gasteiger partial charge in [-0.3, -0.25) is 9.59 Å². The summed E-state index contributed by atoms with van der Waals surface area (Å²) in [5.74, 6) is -6.77. The molecule has 0 rings (SSSR count). The van der Waals surface area contributed by atoms with Crippen molar-refractivity contribution in [2.75, 3.05) is 0 Å². The van der Waals surface area contributed by atoms with Gasteiger partial charge in [-0.15, -0.1) is 0 Å². The second-order valence-electron chi connectivity index (χ2n) is 3.94. The quantitative estimate of drug-likeness (QED) is 0.314. The predicted octanol–water partition coefficient (Wildman–Crippen LogP) is 0.493. The molecule has 0 saturated carbocycles. The van der Waals surface area contributed by atoms with E-state index in [9.17, 15) is 19.2 Å². The summed E-state index contributed by atoms with van der Waals surface area (Å²) in [7, 11) is 0. The smallest absolute Gasteiger partial charge is 0.360 e. The average molecular weight is 276 g/mol. The molecule has 108 valence electrons. The van der Waals surface area contributed by atoms with Gasteiger partial charge in [0.25, 0.3) is 0 Å². The van der Waals surface area contributed by atoms with Crippen LogP contribution in [0.2, 0.25) is 0 Å². The molecule has 0 heterocycles. The van der Waals surface area contributed by atoms with Crippen molar-refractivity contribution in [3.8, 4) is 0 Å². The molecule has 0 aliphatic rings. The molecule has 19 heavy (non-hydrogen) atoms. The second-order valence-corrected chi connectivity index (χ2v) is 3.94. The predicted molar refractivity (Wildman–Crippen MR) is 60.5 cm³/mol. The topological polar surface area (TPSA) is 138 Å². The van der Waals surface area contributed by atoms with E-state index in [0.717, 1.165) is 6.42 Å². The monoisotopic (exact) mass is 276 g/mol. The van der Waals surface area contributed by atoms with Crippen LogP contribution < -0.4 is 0 Å². The molecule has 0 aliphatic heterocycles. The number of carbonyl (C=O) groups is 4. The second kappa shape index (κ2) is 7.34. The van der Waals surface area contributed by atoms with E-state index in [1.807, 2.05) is 6.92 Å². The fraction of sp³-hybridized carbons (Fsp3) is 0.636. The fourth-order valence-corrected chi connectivity index (χ4v) is 1.34. The Bertz CT molecular complexity index is 359. The largest absolute Gasteiger partial charge is 0.481 e. The summed E-state index contributed by atoms with van der Waals surface area (Å²) in [4.78, 5) is 43.8. The lowest BCUT2D eigenvalue weighted by Crippen LogP contribution is -2.52. The molecule has 0 saturated heterocycles. The van der Waals surface area contributed by atoms with E-state index < -0.39 is 35.9 Å². The number of carbonyl (C=O) groups excluding carboxylic acids is 1. The molecule has 0 radical (unpaired) electrons. The summed E-state index contributed by atoms with van der Waals surface area (Å²) in [5, 5.41) is 26.2. The van der Waals surface area contributed by atoms with Gasteiger partial charge in [0.05, 0.1) is 0 Å². The molecule has 0 atom stereocenters. The van der Waals surface area contributed by atoms with Crippen molar-refractivity contribution >= 4 is 23.9 Å². The van der Waals surface area contributed by atoms with Gasteiger partial charge in [-0.05, 0) is 6.42 Å². The summed E-state index contributed by atoms with van der Waals surface area (Å²) in [6, 6.07) is 0. The van der Waals surface area contributed by atoms with Gasteiger partial charge >= 0.3 is 29.5 Å². The Kier molecular flexibility index (Phi) is 6.53. The summed E-state index contributed by atoms with van der Waals surface area (Å²) < 4.78 is 4.40. The van der Waals surface area contributed by atoms with E-state index in [-0.39, 0.29) is 6.42 Å². The van der Waals surface area contributed by atoms with Gasteiger partial charge in [-0.1, -0.05) is 19.8 Å². The lowest BCUT2D eigenvalue weighted by atomic mass is 10.00. The number of esters is 1. The van der Waals surface area contributed by atoms with E-state index in [0.29, 0.717) is 12.8 Å². The molecule has 3 N–H and O–H groups in total. The number of carboxylic acid groups (broad SMARTS) is 3. The van der Waals surface area contributed by atoms with Gasteiger partial charge in [0.2, 0.25) is 0 Å². The van der Waals surface area contributed by atoms with Gasteiger partial charge in [-0.25, -0.2) is 9.59 Å². The van der Waals surface area contributed by atoms with E-state index in [2.05, 4.69) is 4.74 Å². The number of hydrogen-bond acceptors (Lipinski definition) is 5. The average Bonchev–Trinajstić information content (AvgIpc) is 2.27. The maximum Gasteiger partial charge on any atom is 0.360 e. The van der Waals surface area contributed by atoms with Gasteiger partial charge in [0.1, 0.15) is 6.42 Å². The molecular weight excluding hydrogens is 260 g/mol. The highest BCUT2D eigenvalue weighted by atomic mass is 16.6. The first-order chi connectivity index (χ1) is 8.76. The zero-order chi connectivity index (χ0) is 15.1. The molecule has 0 spiro atoms. The number of ether oxygens (including phenoxy) is 1. The van der Waals surface area contributed by atoms with E-state index in [4.69, 9.17) is 15.3 Å². The Hall–Kier alpha value is -2.12. The summed E-state index contributed by atoms with van der Waals surface area (Å²) in [5.41, 5.74) is -3.07. The number of hydrogen-bond donors (Lipinski definition) is 3. The van der Waals surface area contributed by atoms with Crippen LogP contribution in [0.15, 0.2) is 0 Å². The lowest BCUT2D eigenvalue weighted by Gasteiger charge is -2.23. The van der Waals surface area contributed by atoms with E-state index in [1.165, 1.54) is 0 Å².